The van der Waals surface area contributed by atoms with E-state index in [2.05, 4.69) is 17.5 Å². The number of nitrogens with two attached hydrogens (primary N) is 1. The number of benzene rings is 3. The summed E-state index contributed by atoms with van der Waals surface area (Å²) < 4.78 is 6.82. The molecule has 0 saturated heterocycles. The van der Waals surface area contributed by atoms with E-state index in [4.69, 9.17) is 15.6 Å². The van der Waals surface area contributed by atoms with Crippen molar-refractivity contribution in [1.29, 1.82) is 10.5 Å². The molecule has 0 bridgehead atoms. The van der Waals surface area contributed by atoms with Crippen LogP contribution in [0, 0.1) is 28.6 Å². The summed E-state index contributed by atoms with van der Waals surface area (Å²) in [6, 6.07) is 23.6. The molecule has 0 fully saturated rings. The van der Waals surface area contributed by atoms with E-state index in [0.29, 0.717) is 33.9 Å². The monoisotopic (exact) mass is 640 g/mol. The van der Waals surface area contributed by atoms with Crippen molar-refractivity contribution in [3.63, 3.8) is 0 Å². The van der Waals surface area contributed by atoms with Gasteiger partial charge in [0, 0.05) is 19.0 Å². The molecule has 1 aliphatic rings. The third kappa shape index (κ3) is 5.89. The predicted octanol–water partition coefficient (Wildman–Crippen LogP) is 3.19. The van der Waals surface area contributed by atoms with Gasteiger partial charge >= 0.3 is 0 Å². The minimum Gasteiger partial charge on any atom is -0.384 e. The molecule has 12 nitrogen and oxygen atoms in total. The minimum atomic E-state index is -1.54. The summed E-state index contributed by atoms with van der Waals surface area (Å²) in [4.78, 5) is 44.1. The van der Waals surface area contributed by atoms with Crippen molar-refractivity contribution < 1.29 is 19.1 Å². The number of halogens is 1. The average Bonchev–Trinajstić information content (AvgIpc) is 3.37. The lowest BCUT2D eigenvalue weighted by Gasteiger charge is -2.36. The molecule has 2 heterocycles. The summed E-state index contributed by atoms with van der Waals surface area (Å²) in [7, 11) is 3.02. The highest BCUT2D eigenvalue weighted by atomic mass is 35.5. The first kappa shape index (κ1) is 33.6. The zero-order valence-electron chi connectivity index (χ0n) is 25.6. The van der Waals surface area contributed by atoms with E-state index in [9.17, 15) is 24.9 Å². The third-order valence-corrected chi connectivity index (χ3v) is 8.39. The number of carbonyl (C=O) groups excluding carboxylic acids is 3. The maximum atomic E-state index is 14.6. The Morgan fingerprint density at radius 1 is 1.07 bits per heavy atom. The van der Waals surface area contributed by atoms with Gasteiger partial charge in [-0.1, -0.05) is 30.3 Å². The van der Waals surface area contributed by atoms with Crippen molar-refractivity contribution in [1.82, 2.24) is 15.1 Å². The molecule has 3 aromatic carbocycles. The molecule has 236 valence electrons. The van der Waals surface area contributed by atoms with Crippen molar-refractivity contribution in [2.24, 2.45) is 11.7 Å². The van der Waals surface area contributed by atoms with E-state index in [1.807, 2.05) is 30.3 Å². The van der Waals surface area contributed by atoms with E-state index < -0.39 is 23.3 Å². The number of hydrogen-bond donors (Lipinski definition) is 2. The number of methoxy groups -OCH3 is 1. The quantitative estimate of drug-likeness (QED) is 0.281. The molecule has 1 aromatic heterocycles. The summed E-state index contributed by atoms with van der Waals surface area (Å²) in [6.45, 7) is 1.45. The number of fused-ring (bicyclic) bond motifs is 2. The molecular formula is C33H33ClN8O4. The second-order valence-electron chi connectivity index (χ2n) is 10.9. The molecule has 0 aliphatic carbocycles. The number of para-hydroxylation sites is 2. The lowest BCUT2D eigenvalue weighted by Crippen LogP contribution is -2.63. The standard InChI is InChI=1S/C33H32N8O4.ClH/c1-33(37-2,32(36)44)24-19-39(30(42)14-15-45-3)29-16-21(17-34)12-13-28(29)40(31(24)43)20-25-23-9-5-7-11-27(23)41(38-25)26-10-6-4-8-22(26)18-35;/h4-13,16,24,37H,14-15,19-20H2,1-3H3,(H2,36,44);1H/t24-,33?;/m1./s1. The number of amides is 3. The first-order valence-corrected chi connectivity index (χ1v) is 14.3. The van der Waals surface area contributed by atoms with Crippen molar-refractivity contribution in [2.45, 2.75) is 25.4 Å². The smallest absolute Gasteiger partial charge is 0.238 e. The first-order valence-electron chi connectivity index (χ1n) is 14.3. The van der Waals surface area contributed by atoms with Crippen LogP contribution in [0.25, 0.3) is 16.6 Å². The van der Waals surface area contributed by atoms with Crippen LogP contribution in [0.1, 0.15) is 30.2 Å². The van der Waals surface area contributed by atoms with Gasteiger partial charge in [0.05, 0.1) is 71.0 Å². The Morgan fingerprint density at radius 3 is 2.46 bits per heavy atom. The largest absolute Gasteiger partial charge is 0.384 e. The van der Waals surface area contributed by atoms with Gasteiger partial charge in [-0.3, -0.25) is 14.4 Å². The second kappa shape index (κ2) is 13.8. The van der Waals surface area contributed by atoms with Crippen LogP contribution < -0.4 is 20.9 Å². The Balaban J connectivity index is 0.00000480. The number of hydrogen-bond acceptors (Lipinski definition) is 8. The summed E-state index contributed by atoms with van der Waals surface area (Å²) >= 11 is 0. The van der Waals surface area contributed by atoms with Crippen LogP contribution in [0.4, 0.5) is 11.4 Å². The van der Waals surface area contributed by atoms with Crippen molar-refractivity contribution in [2.75, 3.05) is 37.1 Å². The number of nitriles is 2. The molecular weight excluding hydrogens is 608 g/mol. The maximum Gasteiger partial charge on any atom is 0.238 e. The van der Waals surface area contributed by atoms with E-state index in [-0.39, 0.29) is 44.4 Å². The van der Waals surface area contributed by atoms with Crippen LogP contribution in [0.15, 0.2) is 66.7 Å². The SMILES string of the molecule is CNC(C)(C(N)=O)[C@@H]1CN(C(=O)CCOC)c2cc(C#N)ccc2N(Cc2nn(-c3ccccc3C#N)c3ccccc23)C1=O.Cl. The second-order valence-corrected chi connectivity index (χ2v) is 10.9. The average molecular weight is 641 g/mol. The molecule has 3 N–H and O–H groups in total. The van der Waals surface area contributed by atoms with Crippen LogP contribution in [-0.4, -0.2) is 60.4 Å². The molecule has 0 spiro atoms. The van der Waals surface area contributed by atoms with Crippen LogP contribution in [0.3, 0.4) is 0 Å². The molecule has 2 atom stereocenters. The number of carbonyl (C=O) groups is 3. The molecule has 1 aliphatic heterocycles. The predicted molar refractivity (Wildman–Crippen MR) is 174 cm³/mol. The highest BCUT2D eigenvalue weighted by molar-refractivity contribution is 6.08. The fourth-order valence-electron chi connectivity index (χ4n) is 5.66. The molecule has 0 saturated carbocycles. The van der Waals surface area contributed by atoms with Crippen molar-refractivity contribution in [3.05, 3.63) is 83.6 Å². The number of aromatic nitrogens is 2. The number of nitrogens with one attached hydrogen (secondary N) is 1. The normalized spacial score (nSPS) is 15.6. The molecule has 1 unspecified atom stereocenters. The zero-order valence-corrected chi connectivity index (χ0v) is 26.4. The molecule has 4 aromatic rings. The first-order chi connectivity index (χ1) is 21.7. The summed E-state index contributed by atoms with van der Waals surface area (Å²) in [5, 5.41) is 28.1. The van der Waals surface area contributed by atoms with Gasteiger partial charge in [0.25, 0.3) is 0 Å². The van der Waals surface area contributed by atoms with Gasteiger partial charge < -0.3 is 25.6 Å². The van der Waals surface area contributed by atoms with Crippen LogP contribution in [0.5, 0.6) is 0 Å². The number of rotatable bonds is 9. The molecule has 0 radical (unpaired) electrons. The lowest BCUT2D eigenvalue weighted by atomic mass is 9.83. The third-order valence-electron chi connectivity index (χ3n) is 8.39. The lowest BCUT2D eigenvalue weighted by molar-refractivity contribution is -0.133. The van der Waals surface area contributed by atoms with Crippen molar-refractivity contribution >= 4 is 52.4 Å². The van der Waals surface area contributed by atoms with Gasteiger partial charge in [-0.2, -0.15) is 15.6 Å². The van der Waals surface area contributed by atoms with Crippen LogP contribution in [0.2, 0.25) is 0 Å². The fourth-order valence-corrected chi connectivity index (χ4v) is 5.66. The van der Waals surface area contributed by atoms with Gasteiger partial charge in [0.15, 0.2) is 0 Å². The Morgan fingerprint density at radius 2 is 1.78 bits per heavy atom. The van der Waals surface area contributed by atoms with Crippen LogP contribution >= 0.6 is 12.4 Å². The van der Waals surface area contributed by atoms with Crippen LogP contribution in [-0.2, 0) is 25.7 Å². The van der Waals surface area contributed by atoms with Gasteiger partial charge in [-0.25, -0.2) is 4.68 Å². The number of primary amides is 1. The molecule has 3 amide bonds. The molecule has 5 rings (SSSR count). The maximum absolute atomic E-state index is 14.6. The minimum absolute atomic E-state index is 0. The van der Waals surface area contributed by atoms with E-state index in [1.54, 1.807) is 41.1 Å². The van der Waals surface area contributed by atoms with Gasteiger partial charge in [-0.05, 0) is 50.4 Å². The Labute approximate surface area is 272 Å². The molecule has 46 heavy (non-hydrogen) atoms. The summed E-state index contributed by atoms with van der Waals surface area (Å²) in [6.07, 6.45) is 0.00775. The van der Waals surface area contributed by atoms with E-state index >= 15 is 0 Å². The highest BCUT2D eigenvalue weighted by Crippen LogP contribution is 2.39. The topological polar surface area (TPSA) is 170 Å². The highest BCUT2D eigenvalue weighted by Gasteiger charge is 2.48. The summed E-state index contributed by atoms with van der Waals surface area (Å²) in [5.74, 6) is -2.69. The summed E-state index contributed by atoms with van der Waals surface area (Å²) in [5.41, 5.74) is 7.57. The Kier molecular flexibility index (Phi) is 10.1. The van der Waals surface area contributed by atoms with E-state index in [0.717, 1.165) is 10.9 Å². The number of nitrogens with zero attached hydrogens (tertiary/aromatic N) is 6. The number of likely N-dealkylation sites (N-methyl/N-ethyl adjacent to an activating group) is 1. The fraction of sp³-hybridized carbons (Fsp3) is 0.273. The van der Waals surface area contributed by atoms with Gasteiger partial charge in [0.1, 0.15) is 11.6 Å². The van der Waals surface area contributed by atoms with E-state index in [1.165, 1.54) is 30.9 Å². The Hall–Kier alpha value is -5.27. The number of ether oxygens (including phenoxy) is 1. The Bertz CT molecular complexity index is 1890. The van der Waals surface area contributed by atoms with Crippen molar-refractivity contribution in [3.8, 4) is 17.8 Å². The zero-order chi connectivity index (χ0) is 32.3. The van der Waals surface area contributed by atoms with Gasteiger partial charge in [-0.15, -0.1) is 12.4 Å². The molecule has 13 heteroatoms. The number of anilines is 2. The van der Waals surface area contributed by atoms with Gasteiger partial charge in [0.2, 0.25) is 17.7 Å².